The van der Waals surface area contributed by atoms with Gasteiger partial charge in [0.15, 0.2) is 5.65 Å². The SMILES string of the molecule is CC(C)n1c(=O)c2cnc(Nc3ccc4c(c3)CNCC4(C)C)nc2n1-c1ccnc(C2(CF)CC2)c1. The van der Waals surface area contributed by atoms with Crippen LogP contribution in [0.3, 0.4) is 0 Å². The van der Waals surface area contributed by atoms with Crippen molar-refractivity contribution < 1.29 is 4.39 Å². The molecule has 4 aromatic rings. The van der Waals surface area contributed by atoms with Crippen molar-refractivity contribution >= 4 is 22.7 Å². The molecule has 6 rings (SSSR count). The fourth-order valence-electron chi connectivity index (χ4n) is 5.44. The minimum absolute atomic E-state index is 0.0714. The fourth-order valence-corrected chi connectivity index (χ4v) is 5.44. The van der Waals surface area contributed by atoms with Crippen LogP contribution in [-0.4, -0.2) is 37.5 Å². The van der Waals surface area contributed by atoms with E-state index >= 15 is 0 Å². The first kappa shape index (κ1) is 23.8. The molecular weight excluding hydrogens is 469 g/mol. The molecular formula is C28H32FN7O. The summed E-state index contributed by atoms with van der Waals surface area (Å²) in [5, 5.41) is 7.25. The summed E-state index contributed by atoms with van der Waals surface area (Å²) in [5.41, 5.74) is 4.83. The highest BCUT2D eigenvalue weighted by Crippen LogP contribution is 2.48. The van der Waals surface area contributed by atoms with E-state index in [-0.39, 0.29) is 17.0 Å². The summed E-state index contributed by atoms with van der Waals surface area (Å²) in [6.45, 7) is 9.72. The summed E-state index contributed by atoms with van der Waals surface area (Å²) < 4.78 is 17.3. The van der Waals surface area contributed by atoms with Gasteiger partial charge in [0, 0.05) is 48.0 Å². The van der Waals surface area contributed by atoms with Gasteiger partial charge < -0.3 is 10.6 Å². The Morgan fingerprint density at radius 3 is 2.70 bits per heavy atom. The quantitative estimate of drug-likeness (QED) is 0.399. The van der Waals surface area contributed by atoms with Gasteiger partial charge in [-0.15, -0.1) is 0 Å². The number of fused-ring (bicyclic) bond motifs is 2. The maximum absolute atomic E-state index is 13.8. The van der Waals surface area contributed by atoms with Crippen LogP contribution >= 0.6 is 0 Å². The molecule has 0 spiro atoms. The number of aromatic nitrogens is 5. The summed E-state index contributed by atoms with van der Waals surface area (Å²) in [6.07, 6.45) is 4.84. The Kier molecular flexibility index (Phi) is 5.45. The van der Waals surface area contributed by atoms with Gasteiger partial charge in [0.2, 0.25) is 5.95 Å². The van der Waals surface area contributed by atoms with E-state index < -0.39 is 12.1 Å². The number of rotatable bonds is 6. The van der Waals surface area contributed by atoms with Gasteiger partial charge in [0.05, 0.1) is 11.4 Å². The number of hydrogen-bond donors (Lipinski definition) is 2. The lowest BCUT2D eigenvalue weighted by Gasteiger charge is -2.33. The predicted molar refractivity (Wildman–Crippen MR) is 143 cm³/mol. The Labute approximate surface area is 214 Å². The van der Waals surface area contributed by atoms with Crippen molar-refractivity contribution in [2.75, 3.05) is 18.5 Å². The molecule has 0 unspecified atom stereocenters. The average Bonchev–Trinajstić information content (AvgIpc) is 3.62. The van der Waals surface area contributed by atoms with Crippen LogP contribution in [0, 0.1) is 0 Å². The lowest BCUT2D eigenvalue weighted by Crippen LogP contribution is -2.38. The van der Waals surface area contributed by atoms with Crippen molar-refractivity contribution in [3.05, 3.63) is 69.9 Å². The van der Waals surface area contributed by atoms with Gasteiger partial charge in [-0.05, 0) is 62.1 Å². The molecule has 1 aliphatic carbocycles. The van der Waals surface area contributed by atoms with Gasteiger partial charge in [-0.3, -0.25) is 14.2 Å². The van der Waals surface area contributed by atoms with Crippen molar-refractivity contribution in [2.24, 2.45) is 0 Å². The zero-order valence-electron chi connectivity index (χ0n) is 21.7. The third kappa shape index (κ3) is 3.92. The number of pyridine rings is 1. The number of anilines is 2. The van der Waals surface area contributed by atoms with Crippen molar-refractivity contribution in [3.8, 4) is 5.69 Å². The first-order valence-corrected chi connectivity index (χ1v) is 12.9. The second-order valence-electron chi connectivity index (χ2n) is 11.3. The zero-order chi connectivity index (χ0) is 25.9. The highest BCUT2D eigenvalue weighted by atomic mass is 19.1. The lowest BCUT2D eigenvalue weighted by molar-refractivity contribution is 0.411. The summed E-state index contributed by atoms with van der Waals surface area (Å²) >= 11 is 0. The number of halogens is 1. The second-order valence-corrected chi connectivity index (χ2v) is 11.3. The zero-order valence-corrected chi connectivity index (χ0v) is 21.7. The molecule has 192 valence electrons. The van der Waals surface area contributed by atoms with Crippen LogP contribution in [0.25, 0.3) is 16.7 Å². The largest absolute Gasteiger partial charge is 0.324 e. The van der Waals surface area contributed by atoms with E-state index in [9.17, 15) is 9.18 Å². The molecule has 1 aromatic carbocycles. The minimum Gasteiger partial charge on any atom is -0.324 e. The van der Waals surface area contributed by atoms with Crippen LogP contribution < -0.4 is 16.2 Å². The Hall–Kier alpha value is -3.59. The van der Waals surface area contributed by atoms with Crippen LogP contribution in [0.1, 0.15) is 63.4 Å². The second kappa shape index (κ2) is 8.48. The molecule has 3 aromatic heterocycles. The highest BCUT2D eigenvalue weighted by molar-refractivity contribution is 5.77. The van der Waals surface area contributed by atoms with E-state index in [0.29, 0.717) is 17.0 Å². The van der Waals surface area contributed by atoms with E-state index in [0.717, 1.165) is 43.0 Å². The normalized spacial score (nSPS) is 17.7. The standard InChI is InChI=1S/C28H32FN7O/c1-17(2)35-25(37)21-14-32-26(33-19-5-6-22-18(11-19)13-30-16-27(22,3)4)34-24(21)36(35)20-7-10-31-23(12-20)28(15-29)8-9-28/h5-7,10-12,14,17,30H,8-9,13,15-16H2,1-4H3,(H,32,33,34). The van der Waals surface area contributed by atoms with Gasteiger partial charge in [-0.1, -0.05) is 19.9 Å². The molecule has 0 amide bonds. The van der Waals surface area contributed by atoms with Crippen LogP contribution in [0.4, 0.5) is 16.0 Å². The van der Waals surface area contributed by atoms with E-state index in [2.05, 4.69) is 46.6 Å². The highest BCUT2D eigenvalue weighted by Gasteiger charge is 2.46. The third-order valence-electron chi connectivity index (χ3n) is 7.73. The summed E-state index contributed by atoms with van der Waals surface area (Å²) in [7, 11) is 0. The van der Waals surface area contributed by atoms with Gasteiger partial charge >= 0.3 is 0 Å². The monoisotopic (exact) mass is 501 g/mol. The Morgan fingerprint density at radius 2 is 1.97 bits per heavy atom. The first-order valence-electron chi connectivity index (χ1n) is 12.9. The summed E-state index contributed by atoms with van der Waals surface area (Å²) in [4.78, 5) is 27.1. The van der Waals surface area contributed by atoms with E-state index in [4.69, 9.17) is 4.98 Å². The molecule has 1 saturated carbocycles. The molecule has 9 heteroatoms. The molecule has 37 heavy (non-hydrogen) atoms. The van der Waals surface area contributed by atoms with Crippen molar-refractivity contribution in [1.29, 1.82) is 0 Å². The number of hydrogen-bond acceptors (Lipinski definition) is 6. The molecule has 0 radical (unpaired) electrons. The predicted octanol–water partition coefficient (Wildman–Crippen LogP) is 4.68. The van der Waals surface area contributed by atoms with Crippen LogP contribution in [0.2, 0.25) is 0 Å². The maximum atomic E-state index is 13.8. The van der Waals surface area contributed by atoms with Crippen LogP contribution in [0.5, 0.6) is 0 Å². The van der Waals surface area contributed by atoms with Gasteiger partial charge in [-0.2, -0.15) is 4.98 Å². The number of benzene rings is 1. The first-order chi connectivity index (χ1) is 17.7. The van der Waals surface area contributed by atoms with Crippen LogP contribution in [-0.2, 0) is 17.4 Å². The molecule has 4 heterocycles. The number of alkyl halides is 1. The third-order valence-corrected chi connectivity index (χ3v) is 7.73. The molecule has 0 saturated heterocycles. The number of nitrogens with zero attached hydrogens (tertiary/aromatic N) is 5. The van der Waals surface area contributed by atoms with E-state index in [1.54, 1.807) is 17.1 Å². The fraction of sp³-hybridized carbons (Fsp3) is 0.429. The number of nitrogens with one attached hydrogen (secondary N) is 2. The Balaban J connectivity index is 1.44. The van der Waals surface area contributed by atoms with E-state index in [1.807, 2.05) is 36.7 Å². The van der Waals surface area contributed by atoms with Gasteiger partial charge in [-0.25, -0.2) is 14.3 Å². The summed E-state index contributed by atoms with van der Waals surface area (Å²) in [6, 6.07) is 9.94. The lowest BCUT2D eigenvalue weighted by atomic mass is 9.79. The molecule has 1 fully saturated rings. The van der Waals surface area contributed by atoms with Crippen molar-refractivity contribution in [2.45, 2.75) is 64.0 Å². The van der Waals surface area contributed by atoms with E-state index in [1.165, 1.54) is 11.1 Å². The molecule has 0 atom stereocenters. The van der Waals surface area contributed by atoms with Gasteiger partial charge in [0.25, 0.3) is 5.56 Å². The Morgan fingerprint density at radius 1 is 1.16 bits per heavy atom. The average molecular weight is 502 g/mol. The topological polar surface area (TPSA) is 89.7 Å². The van der Waals surface area contributed by atoms with Crippen LogP contribution in [0.15, 0.2) is 47.5 Å². The molecule has 8 nitrogen and oxygen atoms in total. The molecule has 2 aliphatic rings. The summed E-state index contributed by atoms with van der Waals surface area (Å²) in [5.74, 6) is 0.404. The molecule has 2 N–H and O–H groups in total. The minimum atomic E-state index is -0.501. The van der Waals surface area contributed by atoms with Crippen molar-refractivity contribution in [1.82, 2.24) is 29.6 Å². The molecule has 1 aliphatic heterocycles. The maximum Gasteiger partial charge on any atom is 0.278 e. The Bertz CT molecular complexity index is 1560. The smallest absolute Gasteiger partial charge is 0.278 e. The molecule has 0 bridgehead atoms. The van der Waals surface area contributed by atoms with Crippen molar-refractivity contribution in [3.63, 3.8) is 0 Å². The van der Waals surface area contributed by atoms with Gasteiger partial charge in [0.1, 0.15) is 12.1 Å².